The first-order valence-electron chi connectivity index (χ1n) is 8.54. The number of imidazole rings is 1. The highest BCUT2D eigenvalue weighted by molar-refractivity contribution is 6.30. The van der Waals surface area contributed by atoms with Gasteiger partial charge in [0.05, 0.1) is 13.2 Å². The van der Waals surface area contributed by atoms with Crippen molar-refractivity contribution in [2.45, 2.75) is 19.5 Å². The number of fused-ring (bicyclic) bond motifs is 1. The Hall–Kier alpha value is -1.56. The SMILES string of the molecule is Cn1ccnc1CN1CCN(Cc2cc(Cl)cc3c2OCC3)CC1. The molecular weight excluding hydrogens is 324 g/mol. The number of hydrogen-bond acceptors (Lipinski definition) is 4. The van der Waals surface area contributed by atoms with E-state index in [0.717, 1.165) is 68.9 Å². The van der Waals surface area contributed by atoms with Crippen LogP contribution in [0.5, 0.6) is 5.75 Å². The number of piperazine rings is 1. The standard InChI is InChI=1S/C18H23ClN4O/c1-21-4-3-20-17(21)13-23-7-5-22(6-8-23)12-15-11-16(19)10-14-2-9-24-18(14)15/h3-4,10-11H,2,5-9,12-13H2,1H3. The number of rotatable bonds is 4. The fourth-order valence-electron chi connectivity index (χ4n) is 3.56. The molecule has 0 unspecified atom stereocenters. The number of benzene rings is 1. The molecule has 0 N–H and O–H groups in total. The van der Waals surface area contributed by atoms with Gasteiger partial charge in [-0.05, 0) is 17.7 Å². The van der Waals surface area contributed by atoms with Crippen molar-refractivity contribution in [2.24, 2.45) is 7.05 Å². The maximum atomic E-state index is 6.27. The molecule has 3 heterocycles. The van der Waals surface area contributed by atoms with E-state index in [0.29, 0.717) is 0 Å². The van der Waals surface area contributed by atoms with E-state index in [9.17, 15) is 0 Å². The van der Waals surface area contributed by atoms with Crippen molar-refractivity contribution in [2.75, 3.05) is 32.8 Å². The van der Waals surface area contributed by atoms with Crippen molar-refractivity contribution in [3.8, 4) is 5.75 Å². The summed E-state index contributed by atoms with van der Waals surface area (Å²) in [5.74, 6) is 2.19. The molecule has 0 bridgehead atoms. The minimum absolute atomic E-state index is 0.778. The summed E-state index contributed by atoms with van der Waals surface area (Å²) in [5, 5.41) is 0.822. The Labute approximate surface area is 147 Å². The van der Waals surface area contributed by atoms with Crippen LogP contribution in [0.25, 0.3) is 0 Å². The average molecular weight is 347 g/mol. The molecule has 128 valence electrons. The van der Waals surface area contributed by atoms with E-state index >= 15 is 0 Å². The Bertz CT molecular complexity index is 722. The molecular formula is C18H23ClN4O. The number of halogens is 1. The van der Waals surface area contributed by atoms with Crippen LogP contribution >= 0.6 is 11.6 Å². The van der Waals surface area contributed by atoms with Gasteiger partial charge in [-0.15, -0.1) is 0 Å². The summed E-state index contributed by atoms with van der Waals surface area (Å²) in [6.45, 7) is 6.87. The molecule has 24 heavy (non-hydrogen) atoms. The third-order valence-electron chi connectivity index (χ3n) is 4.97. The minimum Gasteiger partial charge on any atom is -0.493 e. The fourth-order valence-corrected chi connectivity index (χ4v) is 3.82. The second-order valence-electron chi connectivity index (χ2n) is 6.66. The average Bonchev–Trinajstić information content (AvgIpc) is 3.18. The maximum absolute atomic E-state index is 6.27. The van der Waals surface area contributed by atoms with Crippen molar-refractivity contribution in [1.29, 1.82) is 0 Å². The molecule has 0 saturated carbocycles. The molecule has 0 spiro atoms. The maximum Gasteiger partial charge on any atom is 0.127 e. The van der Waals surface area contributed by atoms with Gasteiger partial charge in [0, 0.05) is 69.2 Å². The van der Waals surface area contributed by atoms with Crippen LogP contribution in [-0.2, 0) is 26.6 Å². The molecule has 1 fully saturated rings. The largest absolute Gasteiger partial charge is 0.493 e. The zero-order valence-corrected chi connectivity index (χ0v) is 14.8. The van der Waals surface area contributed by atoms with Crippen molar-refractivity contribution in [3.63, 3.8) is 0 Å². The molecule has 0 aliphatic carbocycles. The van der Waals surface area contributed by atoms with Gasteiger partial charge >= 0.3 is 0 Å². The van der Waals surface area contributed by atoms with Gasteiger partial charge in [-0.25, -0.2) is 4.98 Å². The topological polar surface area (TPSA) is 33.5 Å². The summed E-state index contributed by atoms with van der Waals surface area (Å²) in [6, 6.07) is 4.10. The summed E-state index contributed by atoms with van der Waals surface area (Å²) in [5.41, 5.74) is 2.48. The van der Waals surface area contributed by atoms with Crippen molar-refractivity contribution in [1.82, 2.24) is 19.4 Å². The van der Waals surface area contributed by atoms with Gasteiger partial charge in [0.2, 0.25) is 0 Å². The summed E-state index contributed by atoms with van der Waals surface area (Å²) in [4.78, 5) is 9.38. The Kier molecular flexibility index (Phi) is 4.48. The normalized spacial score (nSPS) is 18.6. The van der Waals surface area contributed by atoms with E-state index in [1.54, 1.807) is 0 Å². The van der Waals surface area contributed by atoms with Crippen LogP contribution in [0, 0.1) is 0 Å². The summed E-state index contributed by atoms with van der Waals surface area (Å²) >= 11 is 6.27. The molecule has 2 aliphatic rings. The third-order valence-corrected chi connectivity index (χ3v) is 5.19. The molecule has 0 atom stereocenters. The lowest BCUT2D eigenvalue weighted by molar-refractivity contribution is 0.118. The number of aromatic nitrogens is 2. The summed E-state index contributed by atoms with van der Waals surface area (Å²) < 4.78 is 7.92. The van der Waals surface area contributed by atoms with Crippen LogP contribution in [-0.4, -0.2) is 52.1 Å². The van der Waals surface area contributed by atoms with Crippen LogP contribution < -0.4 is 4.74 Å². The smallest absolute Gasteiger partial charge is 0.127 e. The van der Waals surface area contributed by atoms with E-state index in [4.69, 9.17) is 16.3 Å². The van der Waals surface area contributed by atoms with Crippen LogP contribution in [0.4, 0.5) is 0 Å². The van der Waals surface area contributed by atoms with Crippen molar-refractivity contribution in [3.05, 3.63) is 46.5 Å². The molecule has 1 aromatic carbocycles. The number of ether oxygens (including phenoxy) is 1. The zero-order chi connectivity index (χ0) is 16.5. The predicted octanol–water partition coefficient (Wildman–Crippen LogP) is 2.33. The molecule has 2 aromatic rings. The van der Waals surface area contributed by atoms with Gasteiger partial charge in [0.25, 0.3) is 0 Å². The van der Waals surface area contributed by atoms with E-state index < -0.39 is 0 Å². The van der Waals surface area contributed by atoms with Gasteiger partial charge in [-0.1, -0.05) is 11.6 Å². The molecule has 1 saturated heterocycles. The molecule has 1 aromatic heterocycles. The lowest BCUT2D eigenvalue weighted by Gasteiger charge is -2.34. The van der Waals surface area contributed by atoms with E-state index in [2.05, 4.69) is 32.5 Å². The zero-order valence-electron chi connectivity index (χ0n) is 14.0. The molecule has 2 aliphatic heterocycles. The first-order valence-corrected chi connectivity index (χ1v) is 8.92. The Morgan fingerprint density at radius 3 is 2.58 bits per heavy atom. The van der Waals surface area contributed by atoms with E-state index in [1.165, 1.54) is 11.1 Å². The first kappa shape index (κ1) is 15.9. The van der Waals surface area contributed by atoms with Gasteiger partial charge in [-0.3, -0.25) is 9.80 Å². The van der Waals surface area contributed by atoms with Crippen molar-refractivity contribution >= 4 is 11.6 Å². The Balaban J connectivity index is 1.36. The number of aryl methyl sites for hydroxylation is 1. The van der Waals surface area contributed by atoms with Crippen LogP contribution in [0.2, 0.25) is 5.02 Å². The van der Waals surface area contributed by atoms with E-state index in [-0.39, 0.29) is 0 Å². The minimum atomic E-state index is 0.778. The third kappa shape index (κ3) is 3.29. The lowest BCUT2D eigenvalue weighted by Crippen LogP contribution is -2.45. The molecule has 6 heteroatoms. The van der Waals surface area contributed by atoms with Gasteiger partial charge < -0.3 is 9.30 Å². The van der Waals surface area contributed by atoms with Crippen LogP contribution in [0.3, 0.4) is 0 Å². The molecule has 5 nitrogen and oxygen atoms in total. The summed E-state index contributed by atoms with van der Waals surface area (Å²) in [6.07, 6.45) is 4.84. The highest BCUT2D eigenvalue weighted by atomic mass is 35.5. The monoisotopic (exact) mass is 346 g/mol. The Morgan fingerprint density at radius 2 is 1.88 bits per heavy atom. The van der Waals surface area contributed by atoms with Crippen LogP contribution in [0.1, 0.15) is 17.0 Å². The fraction of sp³-hybridized carbons (Fsp3) is 0.500. The highest BCUT2D eigenvalue weighted by Gasteiger charge is 2.22. The molecule has 0 amide bonds. The lowest BCUT2D eigenvalue weighted by atomic mass is 10.1. The molecule has 4 rings (SSSR count). The van der Waals surface area contributed by atoms with Gasteiger partial charge in [0.1, 0.15) is 11.6 Å². The Morgan fingerprint density at radius 1 is 1.12 bits per heavy atom. The summed E-state index contributed by atoms with van der Waals surface area (Å²) in [7, 11) is 2.05. The number of hydrogen-bond donors (Lipinski definition) is 0. The second-order valence-corrected chi connectivity index (χ2v) is 7.09. The van der Waals surface area contributed by atoms with E-state index in [1.807, 2.05) is 18.5 Å². The van der Waals surface area contributed by atoms with Crippen LogP contribution in [0.15, 0.2) is 24.5 Å². The quantitative estimate of drug-likeness (QED) is 0.850. The van der Waals surface area contributed by atoms with Crippen molar-refractivity contribution < 1.29 is 4.74 Å². The van der Waals surface area contributed by atoms with Gasteiger partial charge in [0.15, 0.2) is 0 Å². The second kappa shape index (κ2) is 6.75. The van der Waals surface area contributed by atoms with Gasteiger partial charge in [-0.2, -0.15) is 0 Å². The first-order chi connectivity index (χ1) is 11.7. The highest BCUT2D eigenvalue weighted by Crippen LogP contribution is 2.33. The predicted molar refractivity (Wildman–Crippen MR) is 94.4 cm³/mol. The molecule has 0 radical (unpaired) electrons. The number of nitrogens with zero attached hydrogens (tertiary/aromatic N) is 4.